The Bertz CT molecular complexity index is 2140. The molecular weight excluding hydrogens is 803 g/mol. The maximum Gasteiger partial charge on any atom is 0.307 e. The van der Waals surface area contributed by atoms with Crippen LogP contribution in [0, 0.1) is 0 Å². The van der Waals surface area contributed by atoms with Crippen molar-refractivity contribution in [2.24, 2.45) is 0 Å². The summed E-state index contributed by atoms with van der Waals surface area (Å²) in [5, 5.41) is 18.4. The minimum Gasteiger partial charge on any atom is -0.466 e. The van der Waals surface area contributed by atoms with Crippen LogP contribution in [0.3, 0.4) is 0 Å². The van der Waals surface area contributed by atoms with Crippen molar-refractivity contribution in [3.63, 3.8) is 0 Å². The summed E-state index contributed by atoms with van der Waals surface area (Å²) in [5.74, 6) is -0.379. The fraction of sp³-hybridized carbons (Fsp3) is 0.315. The number of carbonyl (C=O) groups excluding carboxylic acids is 1. The maximum absolute atomic E-state index is 13.6. The Hall–Kier alpha value is -5.23. The highest BCUT2D eigenvalue weighted by atomic mass is 28.4. The molecular formula is C54H63NO7Si. The number of hydrogen-bond donors (Lipinski definition) is 2. The van der Waals surface area contributed by atoms with Crippen molar-refractivity contribution in [3.05, 3.63) is 204 Å². The van der Waals surface area contributed by atoms with Gasteiger partial charge in [0.2, 0.25) is 0 Å². The number of nitrogens with one attached hydrogen (secondary N) is 1. The Morgan fingerprint density at radius 1 is 0.556 bits per heavy atom. The van der Waals surface area contributed by atoms with Crippen LogP contribution in [0.1, 0.15) is 56.4 Å². The highest BCUT2D eigenvalue weighted by molar-refractivity contribution is 6.99. The van der Waals surface area contributed by atoms with E-state index in [9.17, 15) is 9.90 Å². The van der Waals surface area contributed by atoms with Crippen molar-refractivity contribution < 1.29 is 33.3 Å². The monoisotopic (exact) mass is 865 g/mol. The fourth-order valence-corrected chi connectivity index (χ4v) is 12.7. The fourth-order valence-electron chi connectivity index (χ4n) is 8.16. The van der Waals surface area contributed by atoms with Crippen LogP contribution in [0.5, 0.6) is 0 Å². The molecule has 63 heavy (non-hydrogen) atoms. The van der Waals surface area contributed by atoms with E-state index >= 15 is 0 Å². The van der Waals surface area contributed by atoms with Gasteiger partial charge in [-0.1, -0.05) is 203 Å². The van der Waals surface area contributed by atoms with Crippen molar-refractivity contribution in [2.45, 2.75) is 96.0 Å². The molecule has 0 aliphatic rings. The molecule has 0 bridgehead atoms. The van der Waals surface area contributed by atoms with E-state index in [1.807, 2.05) is 158 Å². The number of aliphatic hydroxyl groups excluding tert-OH is 1. The molecule has 5 atom stereocenters. The molecule has 0 spiro atoms. The van der Waals surface area contributed by atoms with Gasteiger partial charge >= 0.3 is 5.97 Å². The van der Waals surface area contributed by atoms with Crippen LogP contribution in [-0.4, -0.2) is 63.1 Å². The summed E-state index contributed by atoms with van der Waals surface area (Å²) in [6, 6.07) is 59.9. The Labute approximate surface area is 375 Å². The lowest BCUT2D eigenvalue weighted by Gasteiger charge is -2.44. The van der Waals surface area contributed by atoms with Crippen LogP contribution >= 0.6 is 0 Å². The molecule has 8 nitrogen and oxygen atoms in total. The van der Waals surface area contributed by atoms with E-state index in [-0.39, 0.29) is 50.5 Å². The van der Waals surface area contributed by atoms with Crippen LogP contribution in [-0.2, 0) is 54.5 Å². The molecule has 0 fully saturated rings. The molecule has 2 N–H and O–H groups in total. The van der Waals surface area contributed by atoms with Crippen LogP contribution in [0.25, 0.3) is 0 Å². The van der Waals surface area contributed by atoms with Gasteiger partial charge in [-0.2, -0.15) is 0 Å². The summed E-state index contributed by atoms with van der Waals surface area (Å²) in [5.41, 5.74) is 3.84. The molecule has 0 unspecified atom stereocenters. The molecule has 0 heterocycles. The number of benzene rings is 6. The van der Waals surface area contributed by atoms with Gasteiger partial charge in [0.1, 0.15) is 24.4 Å². The molecule has 6 aromatic rings. The Balaban J connectivity index is 1.46. The Morgan fingerprint density at radius 3 is 1.35 bits per heavy atom. The number of aliphatic hydroxyl groups is 1. The summed E-state index contributed by atoms with van der Waals surface area (Å²) in [6.07, 6.45) is -4.01. The number of carbonyl (C=O) groups is 1. The average molecular weight is 866 g/mol. The minimum absolute atomic E-state index is 0.0224. The van der Waals surface area contributed by atoms with E-state index in [0.717, 1.165) is 32.6 Å². The van der Waals surface area contributed by atoms with E-state index in [1.54, 1.807) is 6.92 Å². The quantitative estimate of drug-likeness (QED) is 0.0461. The molecule has 0 amide bonds. The minimum atomic E-state index is -3.10. The Kier molecular flexibility index (Phi) is 18.0. The first-order valence-corrected chi connectivity index (χ1v) is 23.9. The van der Waals surface area contributed by atoms with Crippen LogP contribution in [0.15, 0.2) is 182 Å². The SMILES string of the molecule is CCOC(=O)C[C@@H](NCc1ccccc1)[C@H](OCc1ccccc1)[C@@H](OCc1ccccc1)[C@H](OCc1ccccc1)[C@H](O)CO[Si](c1ccccc1)(c1ccccc1)C(C)(C)C. The number of hydrogen-bond acceptors (Lipinski definition) is 8. The zero-order valence-corrected chi connectivity index (χ0v) is 38.1. The van der Waals surface area contributed by atoms with Gasteiger partial charge in [-0.15, -0.1) is 0 Å². The lowest BCUT2D eigenvalue weighted by Crippen LogP contribution is -2.67. The third-order valence-electron chi connectivity index (χ3n) is 11.3. The molecule has 0 aromatic heterocycles. The van der Waals surface area contributed by atoms with Gasteiger partial charge in [0.25, 0.3) is 8.32 Å². The number of esters is 1. The van der Waals surface area contributed by atoms with Crippen molar-refractivity contribution in [3.8, 4) is 0 Å². The van der Waals surface area contributed by atoms with Crippen molar-refractivity contribution in [1.29, 1.82) is 0 Å². The summed E-state index contributed by atoms with van der Waals surface area (Å²) < 4.78 is 33.9. The van der Waals surface area contributed by atoms with Crippen molar-refractivity contribution in [1.82, 2.24) is 5.32 Å². The summed E-state index contributed by atoms with van der Waals surface area (Å²) in [7, 11) is -3.10. The lowest BCUT2D eigenvalue weighted by atomic mass is 9.94. The average Bonchev–Trinajstić information content (AvgIpc) is 3.31. The molecule has 9 heteroatoms. The smallest absolute Gasteiger partial charge is 0.307 e. The second-order valence-corrected chi connectivity index (χ2v) is 21.1. The van der Waals surface area contributed by atoms with E-state index in [2.05, 4.69) is 50.4 Å². The zero-order chi connectivity index (χ0) is 44.3. The predicted octanol–water partition coefficient (Wildman–Crippen LogP) is 8.79. The highest BCUT2D eigenvalue weighted by Crippen LogP contribution is 2.37. The second kappa shape index (κ2) is 24.0. The first-order valence-electron chi connectivity index (χ1n) is 22.0. The molecule has 6 aromatic carbocycles. The van der Waals surface area contributed by atoms with Crippen molar-refractivity contribution >= 4 is 24.7 Å². The topological polar surface area (TPSA) is 95.5 Å². The van der Waals surface area contributed by atoms with E-state index < -0.39 is 38.8 Å². The summed E-state index contributed by atoms with van der Waals surface area (Å²) >= 11 is 0. The summed E-state index contributed by atoms with van der Waals surface area (Å²) in [6.45, 7) is 9.63. The molecule has 0 radical (unpaired) electrons. The van der Waals surface area contributed by atoms with Crippen molar-refractivity contribution in [2.75, 3.05) is 13.2 Å². The predicted molar refractivity (Wildman–Crippen MR) is 253 cm³/mol. The largest absolute Gasteiger partial charge is 0.466 e. The number of rotatable bonds is 24. The van der Waals surface area contributed by atoms with Crippen LogP contribution in [0.4, 0.5) is 0 Å². The van der Waals surface area contributed by atoms with Crippen LogP contribution < -0.4 is 15.7 Å². The first-order chi connectivity index (χ1) is 30.7. The first kappa shape index (κ1) is 47.3. The van der Waals surface area contributed by atoms with Gasteiger partial charge in [-0.25, -0.2) is 0 Å². The van der Waals surface area contributed by atoms with Gasteiger partial charge in [0, 0.05) is 12.6 Å². The zero-order valence-electron chi connectivity index (χ0n) is 37.1. The molecule has 0 saturated carbocycles. The molecule has 330 valence electrons. The lowest BCUT2D eigenvalue weighted by molar-refractivity contribution is -0.191. The van der Waals surface area contributed by atoms with Gasteiger partial charge in [-0.05, 0) is 44.6 Å². The second-order valence-electron chi connectivity index (χ2n) is 16.8. The Morgan fingerprint density at radius 2 is 0.937 bits per heavy atom. The highest BCUT2D eigenvalue weighted by Gasteiger charge is 2.51. The number of ether oxygens (including phenoxy) is 4. The normalized spacial score (nSPS) is 14.3. The van der Waals surface area contributed by atoms with E-state index in [0.29, 0.717) is 6.54 Å². The van der Waals surface area contributed by atoms with Gasteiger partial charge in [0.05, 0.1) is 39.5 Å². The van der Waals surface area contributed by atoms with Gasteiger partial charge in [-0.3, -0.25) is 4.79 Å². The standard InChI is InChI=1S/C54H63NO7Si/c1-5-58-50(57)36-48(55-37-42-24-12-6-13-25-42)51(59-38-43-26-14-7-15-27-43)53(61-40-45-30-18-9-19-31-45)52(60-39-44-28-16-8-17-29-44)49(56)41-62-63(54(2,3)4,46-32-20-10-21-33-46)47-34-22-11-23-35-47/h6-35,48-49,51-53,55-56H,5,36-41H2,1-4H3/t48-,49-,51+,52-,53-/m1/s1. The van der Waals surface area contributed by atoms with E-state index in [1.165, 1.54) is 0 Å². The third kappa shape index (κ3) is 13.4. The van der Waals surface area contributed by atoms with Gasteiger partial charge < -0.3 is 33.8 Å². The van der Waals surface area contributed by atoms with Gasteiger partial charge in [0.15, 0.2) is 0 Å². The molecule has 0 saturated heterocycles. The maximum atomic E-state index is 13.6. The van der Waals surface area contributed by atoms with Crippen LogP contribution in [0.2, 0.25) is 5.04 Å². The summed E-state index contributed by atoms with van der Waals surface area (Å²) in [4.78, 5) is 13.6. The van der Waals surface area contributed by atoms with E-state index in [4.69, 9.17) is 23.4 Å². The molecule has 0 aliphatic carbocycles. The molecule has 0 aliphatic heterocycles. The molecule has 6 rings (SSSR count). The third-order valence-corrected chi connectivity index (χ3v) is 16.3.